The topological polar surface area (TPSA) is 62.2 Å². The number of para-hydroxylation sites is 1. The highest BCUT2D eigenvalue weighted by molar-refractivity contribution is 6.03. The van der Waals surface area contributed by atoms with Gasteiger partial charge in [0, 0.05) is 11.1 Å². The molecule has 2 aromatic carbocycles. The van der Waals surface area contributed by atoms with E-state index < -0.39 is 5.97 Å². The third-order valence-corrected chi connectivity index (χ3v) is 3.44. The largest absolute Gasteiger partial charge is 0.478 e. The van der Waals surface area contributed by atoms with Crippen molar-refractivity contribution in [2.45, 2.75) is 13.8 Å². The molecule has 0 atom stereocenters. The van der Waals surface area contributed by atoms with Crippen molar-refractivity contribution in [3.8, 4) is 0 Å². The van der Waals surface area contributed by atoms with Crippen molar-refractivity contribution in [2.75, 3.05) is 5.32 Å². The number of benzene rings is 2. The van der Waals surface area contributed by atoms with Crippen LogP contribution in [0.3, 0.4) is 0 Å². The first-order chi connectivity index (χ1) is 10.5. The number of anilines is 2. The lowest BCUT2D eigenvalue weighted by Gasteiger charge is -2.10. The number of carbonyl (C=O) groups is 1. The van der Waals surface area contributed by atoms with Gasteiger partial charge in [-0.25, -0.2) is 9.78 Å². The predicted molar refractivity (Wildman–Crippen MR) is 87.9 cm³/mol. The highest BCUT2D eigenvalue weighted by Crippen LogP contribution is 2.24. The third-order valence-electron chi connectivity index (χ3n) is 3.44. The van der Waals surface area contributed by atoms with Gasteiger partial charge in [0.15, 0.2) is 0 Å². The first-order valence-electron chi connectivity index (χ1n) is 7.01. The van der Waals surface area contributed by atoms with Crippen LogP contribution >= 0.6 is 0 Å². The Hall–Kier alpha value is -2.88. The summed E-state index contributed by atoms with van der Waals surface area (Å²) >= 11 is 0. The van der Waals surface area contributed by atoms with E-state index in [-0.39, 0.29) is 5.56 Å². The standard InChI is InChI=1S/C18H16N2O2/c1-11-7-12(2)9-13(8-11)19-17-10-15(18(21)22)14-5-3-4-6-16(14)20-17/h3-10H,1-2H3,(H,19,20)(H,21,22). The van der Waals surface area contributed by atoms with E-state index in [1.807, 2.05) is 44.2 Å². The lowest BCUT2D eigenvalue weighted by Crippen LogP contribution is -2.02. The number of hydrogen-bond donors (Lipinski definition) is 2. The van der Waals surface area contributed by atoms with Crippen LogP contribution in [0.4, 0.5) is 11.5 Å². The van der Waals surface area contributed by atoms with Crippen molar-refractivity contribution < 1.29 is 9.90 Å². The fraction of sp³-hybridized carbons (Fsp3) is 0.111. The summed E-state index contributed by atoms with van der Waals surface area (Å²) in [6.07, 6.45) is 0. The normalized spacial score (nSPS) is 10.6. The Morgan fingerprint density at radius 3 is 2.41 bits per heavy atom. The van der Waals surface area contributed by atoms with Crippen molar-refractivity contribution in [3.63, 3.8) is 0 Å². The number of fused-ring (bicyclic) bond motifs is 1. The summed E-state index contributed by atoms with van der Waals surface area (Å²) in [6, 6.07) is 14.9. The molecule has 22 heavy (non-hydrogen) atoms. The van der Waals surface area contributed by atoms with E-state index in [0.29, 0.717) is 16.7 Å². The van der Waals surface area contributed by atoms with Gasteiger partial charge in [-0.2, -0.15) is 0 Å². The Labute approximate surface area is 128 Å². The Morgan fingerprint density at radius 2 is 1.73 bits per heavy atom. The number of rotatable bonds is 3. The summed E-state index contributed by atoms with van der Waals surface area (Å²) in [7, 11) is 0. The van der Waals surface area contributed by atoms with Gasteiger partial charge in [0.25, 0.3) is 0 Å². The molecule has 0 aliphatic rings. The number of nitrogens with one attached hydrogen (secondary N) is 1. The molecule has 0 saturated carbocycles. The summed E-state index contributed by atoms with van der Waals surface area (Å²) in [5.41, 5.74) is 4.09. The molecule has 0 unspecified atom stereocenters. The number of nitrogens with zero attached hydrogens (tertiary/aromatic N) is 1. The Bertz CT molecular complexity index is 852. The Morgan fingerprint density at radius 1 is 1.05 bits per heavy atom. The van der Waals surface area contributed by atoms with Crippen LogP contribution in [0.1, 0.15) is 21.5 Å². The van der Waals surface area contributed by atoms with Crippen molar-refractivity contribution in [2.24, 2.45) is 0 Å². The zero-order chi connectivity index (χ0) is 15.7. The summed E-state index contributed by atoms with van der Waals surface area (Å²) in [6.45, 7) is 4.04. The molecular weight excluding hydrogens is 276 g/mol. The van der Waals surface area contributed by atoms with Gasteiger partial charge >= 0.3 is 5.97 Å². The van der Waals surface area contributed by atoms with Gasteiger partial charge in [0.2, 0.25) is 0 Å². The lowest BCUT2D eigenvalue weighted by atomic mass is 10.1. The fourth-order valence-electron chi connectivity index (χ4n) is 2.61. The third kappa shape index (κ3) is 2.76. The first kappa shape index (κ1) is 14.1. The monoisotopic (exact) mass is 292 g/mol. The molecule has 4 heteroatoms. The van der Waals surface area contributed by atoms with E-state index in [1.54, 1.807) is 12.1 Å². The van der Waals surface area contributed by atoms with Crippen molar-refractivity contribution in [1.29, 1.82) is 0 Å². The average molecular weight is 292 g/mol. The van der Waals surface area contributed by atoms with Gasteiger partial charge in [-0.1, -0.05) is 24.3 Å². The van der Waals surface area contributed by atoms with Crippen LogP contribution in [-0.2, 0) is 0 Å². The maximum absolute atomic E-state index is 11.5. The van der Waals surface area contributed by atoms with E-state index in [9.17, 15) is 9.90 Å². The molecule has 1 aromatic heterocycles. The van der Waals surface area contributed by atoms with Crippen LogP contribution in [0.25, 0.3) is 10.9 Å². The van der Waals surface area contributed by atoms with Crippen LogP contribution in [-0.4, -0.2) is 16.1 Å². The second-order valence-corrected chi connectivity index (χ2v) is 5.38. The van der Waals surface area contributed by atoms with Crippen LogP contribution in [0.2, 0.25) is 0 Å². The molecule has 4 nitrogen and oxygen atoms in total. The van der Waals surface area contributed by atoms with Crippen LogP contribution in [0, 0.1) is 13.8 Å². The zero-order valence-corrected chi connectivity index (χ0v) is 12.4. The molecule has 0 fully saturated rings. The van der Waals surface area contributed by atoms with Crippen molar-refractivity contribution in [1.82, 2.24) is 4.98 Å². The molecule has 0 amide bonds. The molecule has 3 rings (SSSR count). The highest BCUT2D eigenvalue weighted by Gasteiger charge is 2.11. The first-order valence-corrected chi connectivity index (χ1v) is 7.01. The van der Waals surface area contributed by atoms with Crippen LogP contribution in [0.15, 0.2) is 48.5 Å². The minimum atomic E-state index is -0.956. The van der Waals surface area contributed by atoms with Gasteiger partial charge in [0.1, 0.15) is 5.82 Å². The summed E-state index contributed by atoms with van der Waals surface area (Å²) in [5.74, 6) is -0.428. The average Bonchev–Trinajstić information content (AvgIpc) is 2.45. The quantitative estimate of drug-likeness (QED) is 0.755. The molecule has 0 saturated heterocycles. The van der Waals surface area contributed by atoms with E-state index in [1.165, 1.54) is 0 Å². The number of carboxylic acid groups (broad SMARTS) is 1. The molecule has 0 aliphatic carbocycles. The molecule has 110 valence electrons. The number of aromatic carboxylic acids is 1. The second-order valence-electron chi connectivity index (χ2n) is 5.38. The van der Waals surface area contributed by atoms with E-state index >= 15 is 0 Å². The van der Waals surface area contributed by atoms with Crippen molar-refractivity contribution in [3.05, 3.63) is 65.2 Å². The maximum Gasteiger partial charge on any atom is 0.336 e. The molecule has 1 heterocycles. The zero-order valence-electron chi connectivity index (χ0n) is 12.4. The van der Waals surface area contributed by atoms with E-state index in [4.69, 9.17) is 0 Å². The SMILES string of the molecule is Cc1cc(C)cc(Nc2cc(C(=O)O)c3ccccc3n2)c1. The predicted octanol–water partition coefficient (Wildman–Crippen LogP) is 4.29. The number of pyridine rings is 1. The van der Waals surface area contributed by atoms with Crippen LogP contribution < -0.4 is 5.32 Å². The van der Waals surface area contributed by atoms with Crippen molar-refractivity contribution >= 4 is 28.4 Å². The number of aromatic nitrogens is 1. The molecule has 0 radical (unpaired) electrons. The summed E-state index contributed by atoms with van der Waals surface area (Å²) in [5, 5.41) is 13.2. The summed E-state index contributed by atoms with van der Waals surface area (Å²) in [4.78, 5) is 16.0. The van der Waals surface area contributed by atoms with E-state index in [0.717, 1.165) is 16.8 Å². The Balaban J connectivity index is 2.09. The molecule has 3 aromatic rings. The van der Waals surface area contributed by atoms with Gasteiger partial charge in [-0.05, 0) is 49.2 Å². The second kappa shape index (κ2) is 5.48. The van der Waals surface area contributed by atoms with E-state index in [2.05, 4.69) is 16.4 Å². The van der Waals surface area contributed by atoms with Gasteiger partial charge in [-0.3, -0.25) is 0 Å². The molecular formula is C18H16N2O2. The lowest BCUT2D eigenvalue weighted by molar-refractivity contribution is 0.0699. The minimum Gasteiger partial charge on any atom is -0.478 e. The number of hydrogen-bond acceptors (Lipinski definition) is 3. The molecule has 0 bridgehead atoms. The highest BCUT2D eigenvalue weighted by atomic mass is 16.4. The number of aryl methyl sites for hydroxylation is 2. The smallest absolute Gasteiger partial charge is 0.336 e. The maximum atomic E-state index is 11.5. The molecule has 0 aliphatic heterocycles. The molecule has 0 spiro atoms. The Kier molecular flexibility index (Phi) is 3.51. The van der Waals surface area contributed by atoms with Gasteiger partial charge in [0.05, 0.1) is 11.1 Å². The van der Waals surface area contributed by atoms with Gasteiger partial charge < -0.3 is 10.4 Å². The minimum absolute atomic E-state index is 0.248. The van der Waals surface area contributed by atoms with Gasteiger partial charge in [-0.15, -0.1) is 0 Å². The summed E-state index contributed by atoms with van der Waals surface area (Å²) < 4.78 is 0. The van der Waals surface area contributed by atoms with Crippen LogP contribution in [0.5, 0.6) is 0 Å². The molecule has 2 N–H and O–H groups in total. The number of carboxylic acids is 1. The fourth-order valence-corrected chi connectivity index (χ4v) is 2.61.